The van der Waals surface area contributed by atoms with Gasteiger partial charge in [-0.15, -0.1) is 0 Å². The van der Waals surface area contributed by atoms with E-state index in [1.165, 1.54) is 12.8 Å². The van der Waals surface area contributed by atoms with Crippen LogP contribution < -0.4 is 5.32 Å². The summed E-state index contributed by atoms with van der Waals surface area (Å²) in [6, 6.07) is 1.87. The van der Waals surface area contributed by atoms with Crippen LogP contribution in [0.2, 0.25) is 0 Å². The molecule has 1 aliphatic rings. The van der Waals surface area contributed by atoms with E-state index in [0.29, 0.717) is 24.8 Å². The number of nitrogens with zero attached hydrogens (tertiary/aromatic N) is 1. The highest BCUT2D eigenvalue weighted by molar-refractivity contribution is 5.92. The minimum absolute atomic E-state index is 0.100. The summed E-state index contributed by atoms with van der Waals surface area (Å²) in [7, 11) is 0. The monoisotopic (exact) mass is 265 g/mol. The van der Waals surface area contributed by atoms with Crippen LogP contribution in [0, 0.1) is 0 Å². The van der Waals surface area contributed by atoms with Crippen LogP contribution in [0.1, 0.15) is 61.1 Å². The molecular weight excluding hydrogens is 242 g/mol. The van der Waals surface area contributed by atoms with Crippen LogP contribution in [0.3, 0.4) is 0 Å². The van der Waals surface area contributed by atoms with E-state index in [1.807, 2.05) is 6.07 Å². The molecule has 0 bridgehead atoms. The van der Waals surface area contributed by atoms with Gasteiger partial charge in [0.1, 0.15) is 5.69 Å². The Morgan fingerprint density at radius 2 is 2.26 bits per heavy atom. The van der Waals surface area contributed by atoms with E-state index in [4.69, 9.17) is 4.74 Å². The fourth-order valence-corrected chi connectivity index (χ4v) is 1.87. The van der Waals surface area contributed by atoms with Crippen LogP contribution in [0.5, 0.6) is 0 Å². The van der Waals surface area contributed by atoms with Gasteiger partial charge < -0.3 is 10.1 Å². The molecule has 19 heavy (non-hydrogen) atoms. The highest BCUT2D eigenvalue weighted by atomic mass is 16.5. The fourth-order valence-electron chi connectivity index (χ4n) is 1.87. The molecule has 1 saturated carbocycles. The number of hydrogen-bond acceptors (Lipinski definition) is 3. The number of H-pyrrole nitrogens is 1. The molecular formula is C14H23N3O2. The summed E-state index contributed by atoms with van der Waals surface area (Å²) in [5.41, 5.74) is 1.59. The molecule has 1 aromatic heterocycles. The first kappa shape index (κ1) is 14.1. The van der Waals surface area contributed by atoms with Crippen LogP contribution in [0.25, 0.3) is 0 Å². The second-order valence-corrected chi connectivity index (χ2v) is 5.06. The molecule has 5 nitrogen and oxygen atoms in total. The average molecular weight is 265 g/mol. The van der Waals surface area contributed by atoms with Crippen LogP contribution in [-0.2, 0) is 4.74 Å². The molecule has 0 atom stereocenters. The van der Waals surface area contributed by atoms with Crippen molar-refractivity contribution < 1.29 is 9.53 Å². The number of hydrogen-bond donors (Lipinski definition) is 2. The van der Waals surface area contributed by atoms with E-state index in [1.54, 1.807) is 0 Å². The Labute approximate surface area is 114 Å². The lowest BCUT2D eigenvalue weighted by molar-refractivity contribution is 0.0935. The normalized spacial score (nSPS) is 14.6. The zero-order chi connectivity index (χ0) is 13.5. The Morgan fingerprint density at radius 3 is 3.00 bits per heavy atom. The lowest BCUT2D eigenvalue weighted by Crippen LogP contribution is -2.25. The smallest absolute Gasteiger partial charge is 0.271 e. The SMILES string of the molecule is CCCCOCCCNC(=O)c1cc(C2CC2)[nH]n1. The second-order valence-electron chi connectivity index (χ2n) is 5.06. The molecule has 0 radical (unpaired) electrons. The Balaban J connectivity index is 1.58. The maximum Gasteiger partial charge on any atom is 0.271 e. The zero-order valence-corrected chi connectivity index (χ0v) is 11.6. The maximum atomic E-state index is 11.8. The van der Waals surface area contributed by atoms with Crippen molar-refractivity contribution in [3.8, 4) is 0 Å². The highest BCUT2D eigenvalue weighted by Gasteiger charge is 2.26. The first-order valence-corrected chi connectivity index (χ1v) is 7.22. The van der Waals surface area contributed by atoms with Crippen molar-refractivity contribution in [1.82, 2.24) is 15.5 Å². The minimum atomic E-state index is -0.100. The lowest BCUT2D eigenvalue weighted by atomic mass is 10.2. The summed E-state index contributed by atoms with van der Waals surface area (Å²) >= 11 is 0. The Hall–Kier alpha value is -1.36. The van der Waals surface area contributed by atoms with E-state index < -0.39 is 0 Å². The van der Waals surface area contributed by atoms with Gasteiger partial charge in [-0.05, 0) is 31.7 Å². The average Bonchev–Trinajstić information content (AvgIpc) is 3.15. The zero-order valence-electron chi connectivity index (χ0n) is 11.6. The van der Waals surface area contributed by atoms with Gasteiger partial charge in [-0.25, -0.2) is 0 Å². The van der Waals surface area contributed by atoms with E-state index in [9.17, 15) is 4.79 Å². The van der Waals surface area contributed by atoms with E-state index in [0.717, 1.165) is 31.6 Å². The number of aromatic amines is 1. The van der Waals surface area contributed by atoms with Gasteiger partial charge in [0.25, 0.3) is 5.91 Å². The number of ether oxygens (including phenoxy) is 1. The molecule has 1 heterocycles. The van der Waals surface area contributed by atoms with Gasteiger partial charge >= 0.3 is 0 Å². The predicted octanol–water partition coefficient (Wildman–Crippen LogP) is 2.22. The Bertz CT molecular complexity index is 399. The molecule has 1 amide bonds. The van der Waals surface area contributed by atoms with Gasteiger partial charge in [-0.3, -0.25) is 9.89 Å². The van der Waals surface area contributed by atoms with Crippen molar-refractivity contribution in [2.24, 2.45) is 0 Å². The van der Waals surface area contributed by atoms with E-state index in [2.05, 4.69) is 22.4 Å². The Morgan fingerprint density at radius 1 is 1.47 bits per heavy atom. The number of carbonyl (C=O) groups is 1. The summed E-state index contributed by atoms with van der Waals surface area (Å²) in [4.78, 5) is 11.8. The molecule has 5 heteroatoms. The van der Waals surface area contributed by atoms with Crippen LogP contribution in [0.4, 0.5) is 0 Å². The van der Waals surface area contributed by atoms with E-state index in [-0.39, 0.29) is 5.91 Å². The van der Waals surface area contributed by atoms with E-state index >= 15 is 0 Å². The van der Waals surface area contributed by atoms with Crippen molar-refractivity contribution >= 4 is 5.91 Å². The minimum Gasteiger partial charge on any atom is -0.381 e. The number of rotatable bonds is 9. The largest absolute Gasteiger partial charge is 0.381 e. The lowest BCUT2D eigenvalue weighted by Gasteiger charge is -2.04. The van der Waals surface area contributed by atoms with Gasteiger partial charge in [0.15, 0.2) is 0 Å². The summed E-state index contributed by atoms with van der Waals surface area (Å²) < 4.78 is 5.43. The van der Waals surface area contributed by atoms with Crippen molar-refractivity contribution in [3.05, 3.63) is 17.5 Å². The van der Waals surface area contributed by atoms with Gasteiger partial charge in [0.05, 0.1) is 0 Å². The third kappa shape index (κ3) is 4.67. The summed E-state index contributed by atoms with van der Waals surface area (Å²) in [5.74, 6) is 0.498. The fraction of sp³-hybridized carbons (Fsp3) is 0.714. The van der Waals surface area contributed by atoms with Crippen molar-refractivity contribution in [2.75, 3.05) is 19.8 Å². The highest BCUT2D eigenvalue weighted by Crippen LogP contribution is 2.38. The predicted molar refractivity (Wildman–Crippen MR) is 73.2 cm³/mol. The molecule has 106 valence electrons. The van der Waals surface area contributed by atoms with Gasteiger partial charge in [0, 0.05) is 31.4 Å². The van der Waals surface area contributed by atoms with Crippen molar-refractivity contribution in [2.45, 2.75) is 44.9 Å². The molecule has 0 aromatic carbocycles. The van der Waals surface area contributed by atoms with Crippen LogP contribution >= 0.6 is 0 Å². The molecule has 2 N–H and O–H groups in total. The molecule has 1 fully saturated rings. The molecule has 0 saturated heterocycles. The first-order valence-electron chi connectivity index (χ1n) is 7.22. The summed E-state index contributed by atoms with van der Waals surface area (Å²) in [6.07, 6.45) is 5.51. The maximum absolute atomic E-state index is 11.8. The van der Waals surface area contributed by atoms with Gasteiger partial charge in [-0.1, -0.05) is 13.3 Å². The van der Waals surface area contributed by atoms with Gasteiger partial charge in [-0.2, -0.15) is 5.10 Å². The Kier molecular flexibility index (Phi) is 5.39. The molecule has 0 aliphatic heterocycles. The number of amides is 1. The molecule has 1 aliphatic carbocycles. The number of carbonyl (C=O) groups excluding carboxylic acids is 1. The number of nitrogens with one attached hydrogen (secondary N) is 2. The topological polar surface area (TPSA) is 67.0 Å². The molecule has 2 rings (SSSR count). The third-order valence-corrected chi connectivity index (χ3v) is 3.24. The van der Waals surface area contributed by atoms with Crippen LogP contribution in [0.15, 0.2) is 6.07 Å². The second kappa shape index (κ2) is 7.28. The molecule has 1 aromatic rings. The standard InChI is InChI=1S/C14H23N3O2/c1-2-3-8-19-9-4-7-15-14(18)13-10-12(16-17-13)11-5-6-11/h10-11H,2-9H2,1H3,(H,15,18)(H,16,17). The van der Waals surface area contributed by atoms with Crippen molar-refractivity contribution in [3.63, 3.8) is 0 Å². The third-order valence-electron chi connectivity index (χ3n) is 3.24. The molecule has 0 unspecified atom stereocenters. The number of aromatic nitrogens is 2. The summed E-state index contributed by atoms with van der Waals surface area (Å²) in [6.45, 7) is 4.29. The van der Waals surface area contributed by atoms with Crippen molar-refractivity contribution in [1.29, 1.82) is 0 Å². The quantitative estimate of drug-likeness (QED) is 0.673. The summed E-state index contributed by atoms with van der Waals surface area (Å²) in [5, 5.41) is 9.85. The van der Waals surface area contributed by atoms with Gasteiger partial charge in [0.2, 0.25) is 0 Å². The first-order chi connectivity index (χ1) is 9.31. The molecule has 0 spiro atoms. The van der Waals surface area contributed by atoms with Crippen LogP contribution in [-0.4, -0.2) is 35.9 Å². The number of unbranched alkanes of at least 4 members (excludes halogenated alkanes) is 1.